The standard InChI is InChI=1S/C26H39N5O2/c1-4-31-20(3)25(19(2)28-31)16-27-23-11-14-29(15-12-23)24-9-7-22(8-10-24)26(33)30-13-5-6-21(17-30)18-32/h7-10,21,23,27,32H,4-6,11-18H2,1-3H3. The van der Waals surface area contributed by atoms with Gasteiger partial charge in [0.2, 0.25) is 0 Å². The van der Waals surface area contributed by atoms with Gasteiger partial charge in [-0.1, -0.05) is 0 Å². The first-order valence-corrected chi connectivity index (χ1v) is 12.5. The van der Waals surface area contributed by atoms with Crippen LogP contribution in [0.2, 0.25) is 0 Å². The number of benzene rings is 1. The van der Waals surface area contributed by atoms with Crippen molar-refractivity contribution in [2.75, 3.05) is 37.7 Å². The van der Waals surface area contributed by atoms with E-state index in [0.29, 0.717) is 12.6 Å². The lowest BCUT2D eigenvalue weighted by molar-refractivity contribution is 0.0620. The zero-order valence-electron chi connectivity index (χ0n) is 20.4. The van der Waals surface area contributed by atoms with E-state index in [-0.39, 0.29) is 18.4 Å². The Morgan fingerprint density at radius 1 is 1.12 bits per heavy atom. The number of aromatic nitrogens is 2. The number of anilines is 1. The Hall–Kier alpha value is -2.38. The van der Waals surface area contributed by atoms with Crippen molar-refractivity contribution in [1.29, 1.82) is 0 Å². The van der Waals surface area contributed by atoms with Crippen molar-refractivity contribution in [3.05, 3.63) is 46.8 Å². The SMILES string of the molecule is CCn1nc(C)c(CNC2CCN(c3ccc(C(=O)N4CCCC(CO)C4)cc3)CC2)c1C. The van der Waals surface area contributed by atoms with Crippen LogP contribution in [0.5, 0.6) is 0 Å². The Morgan fingerprint density at radius 2 is 1.85 bits per heavy atom. The number of carbonyl (C=O) groups is 1. The van der Waals surface area contributed by atoms with Crippen LogP contribution in [0, 0.1) is 19.8 Å². The molecule has 0 spiro atoms. The van der Waals surface area contributed by atoms with Gasteiger partial charge >= 0.3 is 0 Å². The maximum absolute atomic E-state index is 12.9. The second-order valence-electron chi connectivity index (χ2n) is 9.60. The Morgan fingerprint density at radius 3 is 2.48 bits per heavy atom. The third-order valence-electron chi connectivity index (χ3n) is 7.44. The van der Waals surface area contributed by atoms with Crippen molar-refractivity contribution in [3.63, 3.8) is 0 Å². The minimum Gasteiger partial charge on any atom is -0.396 e. The molecule has 0 radical (unpaired) electrons. The van der Waals surface area contributed by atoms with Crippen LogP contribution in [-0.2, 0) is 13.1 Å². The first-order valence-electron chi connectivity index (χ1n) is 12.5. The summed E-state index contributed by atoms with van der Waals surface area (Å²) in [6.45, 7) is 11.8. The molecule has 2 saturated heterocycles. The summed E-state index contributed by atoms with van der Waals surface area (Å²) in [5, 5.41) is 17.8. The lowest BCUT2D eigenvalue weighted by atomic mass is 9.98. The lowest BCUT2D eigenvalue weighted by Crippen LogP contribution is -2.42. The maximum Gasteiger partial charge on any atom is 0.253 e. The first kappa shape index (κ1) is 23.8. The topological polar surface area (TPSA) is 73.6 Å². The van der Waals surface area contributed by atoms with Gasteiger partial charge in [-0.3, -0.25) is 9.48 Å². The molecule has 1 amide bonds. The van der Waals surface area contributed by atoms with Crippen LogP contribution >= 0.6 is 0 Å². The van der Waals surface area contributed by atoms with Gasteiger partial charge in [-0.25, -0.2) is 0 Å². The van der Waals surface area contributed by atoms with Crippen LogP contribution in [0.25, 0.3) is 0 Å². The van der Waals surface area contributed by atoms with Gasteiger partial charge in [0, 0.05) is 74.4 Å². The zero-order chi connectivity index (χ0) is 23.4. The Balaban J connectivity index is 1.27. The molecule has 2 aromatic rings. The number of hydrogen-bond donors (Lipinski definition) is 2. The summed E-state index contributed by atoms with van der Waals surface area (Å²) >= 11 is 0. The van der Waals surface area contributed by atoms with Gasteiger partial charge in [0.15, 0.2) is 0 Å². The zero-order valence-corrected chi connectivity index (χ0v) is 20.4. The molecule has 1 unspecified atom stereocenters. The average Bonchev–Trinajstić information content (AvgIpc) is 3.15. The fourth-order valence-corrected chi connectivity index (χ4v) is 5.28. The summed E-state index contributed by atoms with van der Waals surface area (Å²) in [7, 11) is 0. The van der Waals surface area contributed by atoms with E-state index in [9.17, 15) is 9.90 Å². The van der Waals surface area contributed by atoms with Gasteiger partial charge in [0.1, 0.15) is 0 Å². The molecule has 0 aliphatic carbocycles. The van der Waals surface area contributed by atoms with E-state index in [1.165, 1.54) is 16.9 Å². The van der Waals surface area contributed by atoms with E-state index in [1.807, 2.05) is 17.0 Å². The second kappa shape index (κ2) is 10.7. The lowest BCUT2D eigenvalue weighted by Gasteiger charge is -2.34. The quantitative estimate of drug-likeness (QED) is 0.674. The van der Waals surface area contributed by atoms with Crippen molar-refractivity contribution < 1.29 is 9.90 Å². The smallest absolute Gasteiger partial charge is 0.253 e. The number of aryl methyl sites for hydroxylation is 2. The fourth-order valence-electron chi connectivity index (χ4n) is 5.28. The Kier molecular flexibility index (Phi) is 7.71. The number of rotatable bonds is 7. The van der Waals surface area contributed by atoms with E-state index < -0.39 is 0 Å². The molecule has 7 nitrogen and oxygen atoms in total. The highest BCUT2D eigenvalue weighted by atomic mass is 16.3. The van der Waals surface area contributed by atoms with Gasteiger partial charge in [0.25, 0.3) is 5.91 Å². The largest absolute Gasteiger partial charge is 0.396 e. The molecule has 1 aromatic heterocycles. The minimum atomic E-state index is 0.0830. The number of piperidine rings is 2. The van der Waals surface area contributed by atoms with E-state index in [4.69, 9.17) is 0 Å². The number of hydrogen-bond acceptors (Lipinski definition) is 5. The number of likely N-dealkylation sites (tertiary alicyclic amines) is 1. The van der Waals surface area contributed by atoms with Crippen molar-refractivity contribution in [2.24, 2.45) is 5.92 Å². The molecular weight excluding hydrogens is 414 g/mol. The van der Waals surface area contributed by atoms with E-state index in [1.54, 1.807) is 0 Å². The molecule has 7 heteroatoms. The van der Waals surface area contributed by atoms with Crippen LogP contribution in [0.4, 0.5) is 5.69 Å². The van der Waals surface area contributed by atoms with Crippen LogP contribution in [0.1, 0.15) is 59.9 Å². The Bertz CT molecular complexity index is 931. The van der Waals surface area contributed by atoms with Gasteiger partial charge in [-0.2, -0.15) is 5.10 Å². The third-order valence-corrected chi connectivity index (χ3v) is 7.44. The molecule has 4 rings (SSSR count). The monoisotopic (exact) mass is 453 g/mol. The summed E-state index contributed by atoms with van der Waals surface area (Å²) in [5.74, 6) is 0.298. The maximum atomic E-state index is 12.9. The summed E-state index contributed by atoms with van der Waals surface area (Å²) in [4.78, 5) is 17.2. The summed E-state index contributed by atoms with van der Waals surface area (Å²) in [5.41, 5.74) is 5.66. The fraction of sp³-hybridized carbons (Fsp3) is 0.615. The molecular formula is C26H39N5O2. The van der Waals surface area contributed by atoms with Crippen LogP contribution < -0.4 is 10.2 Å². The van der Waals surface area contributed by atoms with E-state index >= 15 is 0 Å². The highest BCUT2D eigenvalue weighted by Crippen LogP contribution is 2.23. The molecule has 3 heterocycles. The van der Waals surface area contributed by atoms with Gasteiger partial charge in [0.05, 0.1) is 5.69 Å². The molecule has 2 aliphatic rings. The predicted molar refractivity (Wildman–Crippen MR) is 132 cm³/mol. The van der Waals surface area contributed by atoms with Crippen molar-refractivity contribution in [2.45, 2.75) is 65.6 Å². The molecule has 1 aromatic carbocycles. The highest BCUT2D eigenvalue weighted by Gasteiger charge is 2.25. The number of carbonyl (C=O) groups excluding carboxylic acids is 1. The molecule has 2 fully saturated rings. The predicted octanol–water partition coefficient (Wildman–Crippen LogP) is 3.12. The van der Waals surface area contributed by atoms with Crippen molar-refractivity contribution >= 4 is 11.6 Å². The van der Waals surface area contributed by atoms with E-state index in [0.717, 1.165) is 69.7 Å². The summed E-state index contributed by atoms with van der Waals surface area (Å²) < 4.78 is 2.08. The van der Waals surface area contributed by atoms with Gasteiger partial charge in [-0.15, -0.1) is 0 Å². The molecule has 0 bridgehead atoms. The molecule has 0 saturated carbocycles. The van der Waals surface area contributed by atoms with Crippen molar-refractivity contribution in [1.82, 2.24) is 20.0 Å². The molecule has 1 atom stereocenters. The third kappa shape index (κ3) is 5.41. The van der Waals surface area contributed by atoms with Crippen molar-refractivity contribution in [3.8, 4) is 0 Å². The second-order valence-corrected chi connectivity index (χ2v) is 9.60. The first-order chi connectivity index (χ1) is 16.0. The summed E-state index contributed by atoms with van der Waals surface area (Å²) in [6.07, 6.45) is 4.19. The Labute approximate surface area is 197 Å². The molecule has 33 heavy (non-hydrogen) atoms. The number of nitrogens with one attached hydrogen (secondary N) is 1. The van der Waals surface area contributed by atoms with Crippen LogP contribution in [-0.4, -0.2) is 64.5 Å². The minimum absolute atomic E-state index is 0.0830. The number of aliphatic hydroxyl groups is 1. The van der Waals surface area contributed by atoms with Crippen LogP contribution in [0.3, 0.4) is 0 Å². The van der Waals surface area contributed by atoms with Gasteiger partial charge in [-0.05, 0) is 76.6 Å². The molecule has 2 N–H and O–H groups in total. The molecule has 2 aliphatic heterocycles. The molecule has 180 valence electrons. The number of aliphatic hydroxyl groups excluding tert-OH is 1. The van der Waals surface area contributed by atoms with Gasteiger partial charge < -0.3 is 20.2 Å². The van der Waals surface area contributed by atoms with Crippen LogP contribution in [0.15, 0.2) is 24.3 Å². The normalized spacial score (nSPS) is 19.8. The number of nitrogens with zero attached hydrogens (tertiary/aromatic N) is 4. The van der Waals surface area contributed by atoms with E-state index in [2.05, 4.69) is 52.9 Å². The highest BCUT2D eigenvalue weighted by molar-refractivity contribution is 5.94. The number of amides is 1. The average molecular weight is 454 g/mol. The summed E-state index contributed by atoms with van der Waals surface area (Å²) in [6, 6.07) is 8.60.